The second kappa shape index (κ2) is 9.94. The number of nitrogens with one attached hydrogen (secondary N) is 1. The summed E-state index contributed by atoms with van der Waals surface area (Å²) >= 11 is 0. The number of benzene rings is 1. The number of hydrogen-bond acceptors (Lipinski definition) is 8. The van der Waals surface area contributed by atoms with Crippen molar-refractivity contribution in [1.82, 2.24) is 20.2 Å². The summed E-state index contributed by atoms with van der Waals surface area (Å²) in [5, 5.41) is 14.1. The fourth-order valence-corrected chi connectivity index (χ4v) is 6.03. The highest BCUT2D eigenvalue weighted by Gasteiger charge is 2.30. The predicted octanol–water partition coefficient (Wildman–Crippen LogP) is 1.34. The van der Waals surface area contributed by atoms with Crippen LogP contribution in [-0.4, -0.2) is 80.7 Å². The lowest BCUT2D eigenvalue weighted by Gasteiger charge is -2.42. The molecular weight excluding hydrogens is 461 g/mol. The molecule has 2 fully saturated rings. The molecule has 9 heteroatoms. The molecule has 0 amide bonds. The van der Waals surface area contributed by atoms with Crippen molar-refractivity contribution in [2.24, 2.45) is 0 Å². The summed E-state index contributed by atoms with van der Waals surface area (Å²) in [6.45, 7) is 11.8. The Kier molecular flexibility index (Phi) is 6.49. The smallest absolute Gasteiger partial charge is 0.163 e. The second-order valence-electron chi connectivity index (χ2n) is 10.7. The number of hydrogen-bond donors (Lipinski definition) is 1. The van der Waals surface area contributed by atoms with Gasteiger partial charge in [-0.15, -0.1) is 0 Å². The van der Waals surface area contributed by atoms with Crippen LogP contribution in [0.4, 0.5) is 11.5 Å². The minimum Gasteiger partial charge on any atom is -0.370 e. The first-order valence-corrected chi connectivity index (χ1v) is 13.4. The third-order valence-corrected chi connectivity index (χ3v) is 7.96. The number of anilines is 2. The Hall–Kier alpha value is -3.19. The lowest BCUT2D eigenvalue weighted by molar-refractivity contribution is -0.0327. The molecule has 37 heavy (non-hydrogen) atoms. The molecule has 3 aliphatic rings. The van der Waals surface area contributed by atoms with Crippen molar-refractivity contribution in [3.63, 3.8) is 0 Å². The van der Waals surface area contributed by atoms with E-state index in [0.29, 0.717) is 11.6 Å². The van der Waals surface area contributed by atoms with Gasteiger partial charge in [-0.3, -0.25) is 9.88 Å². The standard InChI is InChI=1S/C28H34BN7O/c1-18-15-36(25-6-3-20(13-30)28-23(25)4-7-26(29)33-28)17-21(37-18)16-34-9-11-35(12-10-34)27-8-5-22-19(2)31-14-24(22)32-27/h3-8,18-19,21,31H,9-12,14-17,29H2,1-2H3/t18-,19+,21+/m1/s1. The van der Waals surface area contributed by atoms with Crippen LogP contribution in [0.3, 0.4) is 0 Å². The number of piperazine rings is 1. The second-order valence-corrected chi connectivity index (χ2v) is 10.7. The van der Waals surface area contributed by atoms with Crippen LogP contribution in [0.1, 0.15) is 36.7 Å². The number of rotatable bonds is 4. The molecule has 0 radical (unpaired) electrons. The number of nitrogens with zero attached hydrogens (tertiary/aromatic N) is 6. The highest BCUT2D eigenvalue weighted by atomic mass is 16.5. The third-order valence-electron chi connectivity index (χ3n) is 7.96. The normalized spacial score (nSPS) is 24.3. The van der Waals surface area contributed by atoms with Crippen LogP contribution in [0, 0.1) is 11.3 Å². The SMILES string of the molecule is Bc1ccc2c(N3C[C@H](CN4CCN(c5ccc6c(n5)CN[C@H]6C)CC4)O[C@H](C)C3)ccc(C#N)c2n1. The van der Waals surface area contributed by atoms with E-state index < -0.39 is 0 Å². The number of pyridine rings is 2. The van der Waals surface area contributed by atoms with Crippen molar-refractivity contribution in [3.05, 3.63) is 53.2 Å². The van der Waals surface area contributed by atoms with Gasteiger partial charge in [0, 0.05) is 69.5 Å². The molecule has 0 saturated carbocycles. The molecule has 3 atom stereocenters. The monoisotopic (exact) mass is 495 g/mol. The number of morpholine rings is 1. The summed E-state index contributed by atoms with van der Waals surface area (Å²) in [7, 11) is 1.97. The number of nitriles is 1. The summed E-state index contributed by atoms with van der Waals surface area (Å²) in [5.74, 6) is 1.10. The lowest BCUT2D eigenvalue weighted by atomic mass is 10.00. The van der Waals surface area contributed by atoms with Crippen LogP contribution >= 0.6 is 0 Å². The van der Waals surface area contributed by atoms with Crippen LogP contribution in [-0.2, 0) is 11.3 Å². The van der Waals surface area contributed by atoms with Crippen molar-refractivity contribution >= 4 is 35.8 Å². The average Bonchev–Trinajstić information content (AvgIpc) is 3.28. The molecule has 8 nitrogen and oxygen atoms in total. The van der Waals surface area contributed by atoms with Crippen LogP contribution in [0.25, 0.3) is 10.9 Å². The molecule has 3 aromatic rings. The van der Waals surface area contributed by atoms with Crippen LogP contribution < -0.4 is 20.7 Å². The predicted molar refractivity (Wildman–Crippen MR) is 149 cm³/mol. The first kappa shape index (κ1) is 24.2. The number of fused-ring (bicyclic) bond motifs is 2. The first-order chi connectivity index (χ1) is 18.0. The largest absolute Gasteiger partial charge is 0.370 e. The molecule has 1 aromatic carbocycles. The summed E-state index contributed by atoms with van der Waals surface area (Å²) in [4.78, 5) is 17.0. The van der Waals surface area contributed by atoms with Gasteiger partial charge in [0.1, 0.15) is 11.9 Å². The maximum absolute atomic E-state index is 9.60. The topological polar surface area (TPSA) is 80.5 Å². The summed E-state index contributed by atoms with van der Waals surface area (Å²) in [5.41, 5.74) is 6.00. The van der Waals surface area contributed by atoms with Gasteiger partial charge in [0.05, 0.1) is 29.0 Å². The fourth-order valence-electron chi connectivity index (χ4n) is 6.03. The Morgan fingerprint density at radius 2 is 1.86 bits per heavy atom. The van der Waals surface area contributed by atoms with E-state index in [0.717, 1.165) is 80.4 Å². The summed E-state index contributed by atoms with van der Waals surface area (Å²) in [6, 6.07) is 15.2. The van der Waals surface area contributed by atoms with E-state index in [1.165, 1.54) is 11.3 Å². The van der Waals surface area contributed by atoms with Gasteiger partial charge in [0.2, 0.25) is 0 Å². The molecule has 5 heterocycles. The van der Waals surface area contributed by atoms with Gasteiger partial charge < -0.3 is 19.9 Å². The lowest BCUT2D eigenvalue weighted by Crippen LogP contribution is -2.54. The van der Waals surface area contributed by atoms with Crippen molar-refractivity contribution < 1.29 is 4.74 Å². The molecule has 0 unspecified atom stereocenters. The van der Waals surface area contributed by atoms with Crippen LogP contribution in [0.15, 0.2) is 36.4 Å². The highest BCUT2D eigenvalue weighted by Crippen LogP contribution is 2.30. The molecule has 6 rings (SSSR count). The van der Waals surface area contributed by atoms with Crippen LogP contribution in [0.2, 0.25) is 0 Å². The average molecular weight is 495 g/mol. The van der Waals surface area contributed by atoms with Gasteiger partial charge in [0.15, 0.2) is 7.85 Å². The summed E-state index contributed by atoms with van der Waals surface area (Å²) < 4.78 is 6.40. The van der Waals surface area contributed by atoms with Gasteiger partial charge in [-0.1, -0.05) is 12.1 Å². The van der Waals surface area contributed by atoms with Gasteiger partial charge in [-0.05, 0) is 49.3 Å². The summed E-state index contributed by atoms with van der Waals surface area (Å²) in [6.07, 6.45) is 0.265. The zero-order valence-electron chi connectivity index (χ0n) is 21.9. The number of ether oxygens (including phenoxy) is 1. The van der Waals surface area contributed by atoms with Gasteiger partial charge in [-0.2, -0.15) is 5.26 Å². The molecule has 2 aromatic heterocycles. The molecule has 0 bridgehead atoms. The highest BCUT2D eigenvalue weighted by molar-refractivity contribution is 6.31. The third kappa shape index (κ3) is 4.77. The zero-order valence-corrected chi connectivity index (χ0v) is 21.9. The van der Waals surface area contributed by atoms with Crippen molar-refractivity contribution in [2.75, 3.05) is 55.6 Å². The molecule has 1 N–H and O–H groups in total. The quantitative estimate of drug-likeness (QED) is 0.544. The minimum absolute atomic E-state index is 0.130. The Labute approximate surface area is 219 Å². The van der Waals surface area contributed by atoms with Gasteiger partial charge in [0.25, 0.3) is 0 Å². The molecule has 3 aliphatic heterocycles. The molecule has 0 spiro atoms. The molecule has 0 aliphatic carbocycles. The van der Waals surface area contributed by atoms with Crippen molar-refractivity contribution in [2.45, 2.75) is 38.6 Å². The fraction of sp³-hybridized carbons (Fsp3) is 0.464. The number of aromatic nitrogens is 2. The first-order valence-electron chi connectivity index (χ1n) is 13.4. The van der Waals surface area contributed by atoms with E-state index in [-0.39, 0.29) is 12.2 Å². The van der Waals surface area contributed by atoms with Gasteiger partial charge in [-0.25, -0.2) is 4.98 Å². The maximum Gasteiger partial charge on any atom is 0.163 e. The van der Waals surface area contributed by atoms with E-state index in [2.05, 4.69) is 69.2 Å². The van der Waals surface area contributed by atoms with Gasteiger partial charge >= 0.3 is 0 Å². The molecule has 190 valence electrons. The zero-order chi connectivity index (χ0) is 25.5. The van der Waals surface area contributed by atoms with E-state index in [9.17, 15) is 5.26 Å². The Morgan fingerprint density at radius 3 is 2.68 bits per heavy atom. The van der Waals surface area contributed by atoms with E-state index in [4.69, 9.17) is 9.72 Å². The Balaban J connectivity index is 1.12. The van der Waals surface area contributed by atoms with Crippen LogP contribution in [0.5, 0.6) is 0 Å². The Morgan fingerprint density at radius 1 is 1.03 bits per heavy atom. The maximum atomic E-state index is 9.60. The van der Waals surface area contributed by atoms with Crippen molar-refractivity contribution in [1.29, 1.82) is 5.26 Å². The van der Waals surface area contributed by atoms with E-state index in [1.807, 2.05) is 20.0 Å². The molecular formula is C28H34BN7O. The van der Waals surface area contributed by atoms with E-state index in [1.54, 1.807) is 0 Å². The molecule has 2 saturated heterocycles. The Bertz CT molecular complexity index is 1350. The van der Waals surface area contributed by atoms with Crippen molar-refractivity contribution in [3.8, 4) is 6.07 Å². The minimum atomic E-state index is 0.130. The van der Waals surface area contributed by atoms with E-state index >= 15 is 0 Å².